The first-order valence-corrected chi connectivity index (χ1v) is 16.2. The van der Waals surface area contributed by atoms with Crippen molar-refractivity contribution >= 4 is 76.6 Å². The Balaban J connectivity index is 1.24. The molecule has 0 fully saturated rings. The fourth-order valence-electron chi connectivity index (χ4n) is 7.73. The second-order valence-electron chi connectivity index (χ2n) is 12.4. The van der Waals surface area contributed by atoms with Gasteiger partial charge in [0.25, 0.3) is 5.52 Å². The number of aromatic nitrogens is 3. The Hall–Kier alpha value is -6.59. The number of hydrogen-bond donors (Lipinski definition) is 1. The van der Waals surface area contributed by atoms with Crippen LogP contribution < -0.4 is 4.57 Å². The molecule has 7 aromatic carbocycles. The molecular formula is C43H26N3O2+. The van der Waals surface area contributed by atoms with Crippen LogP contribution in [-0.2, 0) is 0 Å². The SMILES string of the molecule is c1cc(-c2oc3cc4c(cc3[n+]2-c2cccc3[nH]c5ccccc5c23)oc2ccccc24)cc(-n2c3ccccc3c3ccccc32)c1. The summed E-state index contributed by atoms with van der Waals surface area (Å²) in [6.07, 6.45) is 0. The molecule has 4 aromatic heterocycles. The van der Waals surface area contributed by atoms with E-state index in [1.54, 1.807) is 0 Å². The van der Waals surface area contributed by atoms with Crippen molar-refractivity contribution in [3.63, 3.8) is 0 Å². The summed E-state index contributed by atoms with van der Waals surface area (Å²) in [5, 5.41) is 6.89. The zero-order valence-electron chi connectivity index (χ0n) is 25.6. The molecule has 0 aliphatic carbocycles. The molecule has 0 radical (unpaired) electrons. The van der Waals surface area contributed by atoms with E-state index in [0.717, 1.165) is 72.3 Å². The number of aromatic amines is 1. The summed E-state index contributed by atoms with van der Waals surface area (Å²) in [6.45, 7) is 0. The maximum atomic E-state index is 6.95. The van der Waals surface area contributed by atoms with Gasteiger partial charge < -0.3 is 18.4 Å². The van der Waals surface area contributed by atoms with Crippen LogP contribution in [-0.4, -0.2) is 9.55 Å². The number of rotatable bonds is 3. The zero-order chi connectivity index (χ0) is 31.3. The first kappa shape index (κ1) is 25.6. The molecule has 48 heavy (non-hydrogen) atoms. The molecule has 224 valence electrons. The highest BCUT2D eigenvalue weighted by Crippen LogP contribution is 2.38. The first-order valence-electron chi connectivity index (χ1n) is 16.2. The summed E-state index contributed by atoms with van der Waals surface area (Å²) in [5.41, 5.74) is 11.0. The summed E-state index contributed by atoms with van der Waals surface area (Å²) < 4.78 is 18.0. The third-order valence-electron chi connectivity index (χ3n) is 9.79. The monoisotopic (exact) mass is 616 g/mol. The van der Waals surface area contributed by atoms with Crippen LogP contribution in [0.3, 0.4) is 0 Å². The molecule has 0 saturated heterocycles. The predicted octanol–water partition coefficient (Wildman–Crippen LogP) is 11.0. The van der Waals surface area contributed by atoms with Crippen molar-refractivity contribution < 1.29 is 13.4 Å². The van der Waals surface area contributed by atoms with E-state index in [-0.39, 0.29) is 0 Å². The molecule has 0 unspecified atom stereocenters. The van der Waals surface area contributed by atoms with E-state index in [4.69, 9.17) is 8.83 Å². The lowest BCUT2D eigenvalue weighted by Gasteiger charge is -2.08. The maximum absolute atomic E-state index is 6.95. The number of oxazole rings is 1. The molecule has 0 amide bonds. The van der Waals surface area contributed by atoms with E-state index in [1.807, 2.05) is 18.2 Å². The van der Waals surface area contributed by atoms with Gasteiger partial charge in [-0.2, -0.15) is 0 Å². The predicted molar refractivity (Wildman–Crippen MR) is 194 cm³/mol. The van der Waals surface area contributed by atoms with Crippen molar-refractivity contribution in [1.29, 1.82) is 0 Å². The number of nitrogens with one attached hydrogen (secondary N) is 1. The third-order valence-corrected chi connectivity index (χ3v) is 9.79. The van der Waals surface area contributed by atoms with Crippen molar-refractivity contribution in [3.8, 4) is 22.8 Å². The number of hydrogen-bond acceptors (Lipinski definition) is 2. The molecule has 0 aliphatic heterocycles. The highest BCUT2D eigenvalue weighted by molar-refractivity contribution is 6.12. The molecule has 0 saturated carbocycles. The molecule has 0 bridgehead atoms. The first-order chi connectivity index (χ1) is 23.8. The molecular weight excluding hydrogens is 590 g/mol. The normalized spacial score (nSPS) is 12.2. The molecule has 11 aromatic rings. The Bertz CT molecular complexity index is 3030. The Morgan fingerprint density at radius 2 is 1.17 bits per heavy atom. The molecule has 11 rings (SSSR count). The highest BCUT2D eigenvalue weighted by atomic mass is 16.4. The topological polar surface area (TPSA) is 50.9 Å². The van der Waals surface area contributed by atoms with Crippen LogP contribution in [0.1, 0.15) is 0 Å². The van der Waals surface area contributed by atoms with Gasteiger partial charge in [-0.1, -0.05) is 84.9 Å². The fraction of sp³-hybridized carbons (Fsp3) is 0. The number of furan rings is 1. The summed E-state index contributed by atoms with van der Waals surface area (Å²) in [6, 6.07) is 53.2. The Kier molecular flexibility index (Phi) is 5.05. The minimum atomic E-state index is 0.752. The summed E-state index contributed by atoms with van der Waals surface area (Å²) in [5.74, 6) is 0.752. The van der Waals surface area contributed by atoms with Gasteiger partial charge in [0.15, 0.2) is 0 Å². The van der Waals surface area contributed by atoms with Gasteiger partial charge in [-0.25, -0.2) is 0 Å². The minimum Gasteiger partial charge on any atom is -0.456 e. The van der Waals surface area contributed by atoms with Gasteiger partial charge in [0, 0.05) is 44.2 Å². The molecule has 5 heteroatoms. The van der Waals surface area contributed by atoms with Crippen molar-refractivity contribution in [2.45, 2.75) is 0 Å². The van der Waals surface area contributed by atoms with Crippen LogP contribution in [0, 0.1) is 0 Å². The van der Waals surface area contributed by atoms with Gasteiger partial charge >= 0.3 is 5.89 Å². The largest absolute Gasteiger partial charge is 0.456 e. The molecule has 1 N–H and O–H groups in total. The van der Waals surface area contributed by atoms with Gasteiger partial charge in [0.05, 0.1) is 33.6 Å². The molecule has 5 nitrogen and oxygen atoms in total. The van der Waals surface area contributed by atoms with Gasteiger partial charge in [-0.15, -0.1) is 4.57 Å². The van der Waals surface area contributed by atoms with Crippen molar-refractivity contribution in [2.24, 2.45) is 0 Å². The zero-order valence-corrected chi connectivity index (χ0v) is 25.6. The van der Waals surface area contributed by atoms with Crippen molar-refractivity contribution in [3.05, 3.63) is 152 Å². The lowest BCUT2D eigenvalue weighted by molar-refractivity contribution is -0.558. The number of fused-ring (bicyclic) bond motifs is 10. The number of nitrogens with zero attached hydrogens (tertiary/aromatic N) is 2. The second kappa shape index (κ2) is 9.47. The van der Waals surface area contributed by atoms with Crippen molar-refractivity contribution in [2.75, 3.05) is 0 Å². The molecule has 0 atom stereocenters. The lowest BCUT2D eigenvalue weighted by atomic mass is 10.1. The van der Waals surface area contributed by atoms with Crippen LogP contribution in [0.4, 0.5) is 0 Å². The Labute approximate surface area is 273 Å². The van der Waals surface area contributed by atoms with Crippen molar-refractivity contribution in [1.82, 2.24) is 9.55 Å². The Morgan fingerprint density at radius 3 is 2.00 bits per heavy atom. The summed E-state index contributed by atoms with van der Waals surface area (Å²) in [7, 11) is 0. The van der Waals surface area contributed by atoms with Gasteiger partial charge in [0.2, 0.25) is 11.3 Å². The average Bonchev–Trinajstić information content (AvgIpc) is 3.89. The maximum Gasteiger partial charge on any atom is 0.387 e. The fourth-order valence-corrected chi connectivity index (χ4v) is 7.73. The average molecular weight is 617 g/mol. The summed E-state index contributed by atoms with van der Waals surface area (Å²) >= 11 is 0. The van der Waals surface area contributed by atoms with E-state index in [9.17, 15) is 0 Å². The number of benzene rings is 7. The van der Waals surface area contributed by atoms with Crippen LogP contribution in [0.2, 0.25) is 0 Å². The highest BCUT2D eigenvalue weighted by Gasteiger charge is 2.31. The van der Waals surface area contributed by atoms with Gasteiger partial charge in [-0.05, 0) is 54.6 Å². The standard InChI is InChI=1S/C43H26N3O2/c1-5-17-33-31(16-1)42-34(44-33)18-10-21-37(42)46-38-25-40-32(30-15-4-8-22-39(30)47-40)24-41(38)48-43(46)26-11-9-12-27(23-26)45-35-19-6-2-13-28(35)29-14-3-7-20-36(29)45/h1-25,44H/q+1. The molecule has 4 heterocycles. The third kappa shape index (κ3) is 3.47. The van der Waals surface area contributed by atoms with Gasteiger partial charge in [0.1, 0.15) is 11.2 Å². The van der Waals surface area contributed by atoms with E-state index < -0.39 is 0 Å². The minimum absolute atomic E-state index is 0.752. The van der Waals surface area contributed by atoms with E-state index >= 15 is 0 Å². The van der Waals surface area contributed by atoms with Crippen LogP contribution in [0.5, 0.6) is 0 Å². The van der Waals surface area contributed by atoms with E-state index in [2.05, 4.69) is 148 Å². The van der Waals surface area contributed by atoms with Crippen LogP contribution in [0.25, 0.3) is 99.5 Å². The number of H-pyrrole nitrogens is 1. The second-order valence-corrected chi connectivity index (χ2v) is 12.4. The molecule has 0 aliphatic rings. The van der Waals surface area contributed by atoms with E-state index in [1.165, 1.54) is 27.2 Å². The lowest BCUT2D eigenvalue weighted by Crippen LogP contribution is -2.31. The smallest absolute Gasteiger partial charge is 0.387 e. The number of para-hydroxylation sites is 4. The van der Waals surface area contributed by atoms with E-state index in [0.29, 0.717) is 0 Å². The van der Waals surface area contributed by atoms with Gasteiger partial charge in [-0.3, -0.25) is 0 Å². The summed E-state index contributed by atoms with van der Waals surface area (Å²) in [4.78, 5) is 3.63. The Morgan fingerprint density at radius 1 is 0.479 bits per heavy atom. The quantitative estimate of drug-likeness (QED) is 0.201. The van der Waals surface area contributed by atoms with Crippen LogP contribution >= 0.6 is 0 Å². The molecule has 0 spiro atoms. The van der Waals surface area contributed by atoms with Crippen LogP contribution in [0.15, 0.2) is 160 Å².